The molecule has 118 valence electrons. The maximum atomic E-state index is 12.1. The third-order valence-electron chi connectivity index (χ3n) is 4.52. The van der Waals surface area contributed by atoms with Crippen LogP contribution in [0.25, 0.3) is 6.08 Å². The highest BCUT2D eigenvalue weighted by molar-refractivity contribution is 6.07. The molecule has 2 aromatic heterocycles. The Morgan fingerprint density at radius 3 is 2.83 bits per heavy atom. The van der Waals surface area contributed by atoms with E-state index in [0.717, 1.165) is 42.1 Å². The molecule has 5 heteroatoms. The standard InChI is InChI=1S/C18H18N2O3/c1-12(21)20-18(16-8-4-10-23-16)15-7-2-5-13(17(15)19-20)11-14-6-3-9-22-14/h3-4,6,8-11,15,18H,2,5,7H2,1H3/b13-11+/t15-,18-/m0/s1. The summed E-state index contributed by atoms with van der Waals surface area (Å²) in [4.78, 5) is 12.1. The van der Waals surface area contributed by atoms with Crippen molar-refractivity contribution in [1.29, 1.82) is 0 Å². The van der Waals surface area contributed by atoms with Crippen molar-refractivity contribution in [3.63, 3.8) is 0 Å². The number of carbonyl (C=O) groups excluding carboxylic acids is 1. The zero-order valence-corrected chi connectivity index (χ0v) is 12.9. The van der Waals surface area contributed by atoms with E-state index in [0.29, 0.717) is 0 Å². The minimum absolute atomic E-state index is 0.0642. The molecular weight excluding hydrogens is 292 g/mol. The molecule has 1 aliphatic carbocycles. The van der Waals surface area contributed by atoms with Crippen LogP contribution in [0.5, 0.6) is 0 Å². The zero-order chi connectivity index (χ0) is 15.8. The van der Waals surface area contributed by atoms with Gasteiger partial charge in [-0.2, -0.15) is 5.10 Å². The number of rotatable bonds is 2. The molecule has 1 aliphatic heterocycles. The first-order chi connectivity index (χ1) is 11.2. The van der Waals surface area contributed by atoms with E-state index in [1.807, 2.05) is 30.3 Å². The number of nitrogens with zero attached hydrogens (tertiary/aromatic N) is 2. The quantitative estimate of drug-likeness (QED) is 0.842. The van der Waals surface area contributed by atoms with Crippen LogP contribution in [0.2, 0.25) is 0 Å². The SMILES string of the molecule is CC(=O)N1N=C2/C(=C/c3ccco3)CCC[C@@H]2[C@H]1c1ccco1. The van der Waals surface area contributed by atoms with Gasteiger partial charge >= 0.3 is 0 Å². The molecule has 1 amide bonds. The van der Waals surface area contributed by atoms with E-state index in [-0.39, 0.29) is 17.9 Å². The predicted octanol–water partition coefficient (Wildman–Crippen LogP) is 4.02. The molecule has 23 heavy (non-hydrogen) atoms. The maximum absolute atomic E-state index is 12.1. The fourth-order valence-corrected chi connectivity index (χ4v) is 3.55. The second kappa shape index (κ2) is 5.57. The number of carbonyl (C=O) groups is 1. The van der Waals surface area contributed by atoms with Gasteiger partial charge in [0.2, 0.25) is 5.91 Å². The molecule has 0 aromatic carbocycles. The molecule has 0 radical (unpaired) electrons. The summed E-state index contributed by atoms with van der Waals surface area (Å²) in [5.41, 5.74) is 2.14. The van der Waals surface area contributed by atoms with Crippen LogP contribution in [0, 0.1) is 5.92 Å². The van der Waals surface area contributed by atoms with Crippen molar-refractivity contribution in [2.45, 2.75) is 32.2 Å². The number of furan rings is 2. The molecule has 1 fully saturated rings. The highest BCUT2D eigenvalue weighted by Crippen LogP contribution is 2.44. The summed E-state index contributed by atoms with van der Waals surface area (Å²) < 4.78 is 11.0. The van der Waals surface area contributed by atoms with Crippen LogP contribution in [0.4, 0.5) is 0 Å². The Hall–Kier alpha value is -2.56. The zero-order valence-electron chi connectivity index (χ0n) is 12.9. The molecule has 2 aliphatic rings. The van der Waals surface area contributed by atoms with Crippen molar-refractivity contribution < 1.29 is 13.6 Å². The lowest BCUT2D eigenvalue weighted by Crippen LogP contribution is -2.30. The van der Waals surface area contributed by atoms with E-state index in [1.54, 1.807) is 24.5 Å². The molecule has 2 aromatic rings. The normalized spacial score (nSPS) is 25.5. The van der Waals surface area contributed by atoms with Gasteiger partial charge in [-0.1, -0.05) is 0 Å². The van der Waals surface area contributed by atoms with E-state index in [9.17, 15) is 4.79 Å². The summed E-state index contributed by atoms with van der Waals surface area (Å²) in [5, 5.41) is 6.21. The molecule has 0 N–H and O–H groups in total. The average Bonchev–Trinajstić information content (AvgIpc) is 3.27. The fraction of sp³-hybridized carbons (Fsp3) is 0.333. The Morgan fingerprint density at radius 2 is 2.13 bits per heavy atom. The number of hydrazone groups is 1. The first-order valence-corrected chi connectivity index (χ1v) is 7.90. The van der Waals surface area contributed by atoms with E-state index >= 15 is 0 Å². The van der Waals surface area contributed by atoms with Gasteiger partial charge in [0, 0.05) is 12.8 Å². The van der Waals surface area contributed by atoms with E-state index in [2.05, 4.69) is 5.10 Å². The van der Waals surface area contributed by atoms with E-state index < -0.39 is 0 Å². The lowest BCUT2D eigenvalue weighted by atomic mass is 9.79. The van der Waals surface area contributed by atoms with Gasteiger partial charge < -0.3 is 8.83 Å². The van der Waals surface area contributed by atoms with Crippen LogP contribution in [-0.4, -0.2) is 16.6 Å². The van der Waals surface area contributed by atoms with Crippen LogP contribution in [0.1, 0.15) is 43.7 Å². The summed E-state index contributed by atoms with van der Waals surface area (Å²) in [6.07, 6.45) is 8.37. The monoisotopic (exact) mass is 310 g/mol. The van der Waals surface area contributed by atoms with Gasteiger partial charge in [-0.15, -0.1) is 0 Å². The van der Waals surface area contributed by atoms with Crippen LogP contribution >= 0.6 is 0 Å². The summed E-state index contributed by atoms with van der Waals surface area (Å²) in [7, 11) is 0. The topological polar surface area (TPSA) is 59.0 Å². The number of hydrogen-bond donors (Lipinski definition) is 0. The number of amides is 1. The summed E-state index contributed by atoms with van der Waals surface area (Å²) in [6.45, 7) is 1.55. The molecule has 5 nitrogen and oxygen atoms in total. The van der Waals surface area contributed by atoms with Gasteiger partial charge in [-0.25, -0.2) is 5.01 Å². The fourth-order valence-electron chi connectivity index (χ4n) is 3.55. The van der Waals surface area contributed by atoms with Crippen LogP contribution in [-0.2, 0) is 4.79 Å². The lowest BCUT2D eigenvalue weighted by molar-refractivity contribution is -0.131. The second-order valence-corrected chi connectivity index (χ2v) is 5.99. The number of fused-ring (bicyclic) bond motifs is 1. The van der Waals surface area contributed by atoms with Gasteiger partial charge in [0.1, 0.15) is 17.6 Å². The Kier molecular flexibility index (Phi) is 3.41. The Morgan fingerprint density at radius 1 is 1.30 bits per heavy atom. The van der Waals surface area contributed by atoms with Crippen molar-refractivity contribution in [3.05, 3.63) is 53.9 Å². The highest BCUT2D eigenvalue weighted by atomic mass is 16.3. The molecule has 4 rings (SSSR count). The van der Waals surface area contributed by atoms with E-state index in [1.165, 1.54) is 0 Å². The molecular formula is C18H18N2O3. The van der Waals surface area contributed by atoms with Gasteiger partial charge in [0.05, 0.1) is 18.2 Å². The average molecular weight is 310 g/mol. The van der Waals surface area contributed by atoms with Crippen molar-refractivity contribution in [3.8, 4) is 0 Å². The molecule has 3 heterocycles. The third-order valence-corrected chi connectivity index (χ3v) is 4.52. The van der Waals surface area contributed by atoms with Crippen LogP contribution < -0.4 is 0 Å². The molecule has 1 saturated carbocycles. The second-order valence-electron chi connectivity index (χ2n) is 5.99. The smallest absolute Gasteiger partial charge is 0.240 e. The van der Waals surface area contributed by atoms with Gasteiger partial charge in [-0.05, 0) is 55.2 Å². The van der Waals surface area contributed by atoms with Crippen LogP contribution in [0.15, 0.2) is 56.3 Å². The molecule has 2 atom stereocenters. The van der Waals surface area contributed by atoms with Gasteiger partial charge in [0.15, 0.2) is 0 Å². The molecule has 0 spiro atoms. The number of hydrogen-bond acceptors (Lipinski definition) is 4. The Labute approximate surface area is 134 Å². The summed E-state index contributed by atoms with van der Waals surface area (Å²) in [6, 6.07) is 7.44. The largest absolute Gasteiger partial charge is 0.467 e. The van der Waals surface area contributed by atoms with E-state index in [4.69, 9.17) is 8.83 Å². The Balaban J connectivity index is 1.74. The first kappa shape index (κ1) is 14.1. The van der Waals surface area contributed by atoms with Crippen molar-refractivity contribution in [2.75, 3.05) is 0 Å². The predicted molar refractivity (Wildman–Crippen MR) is 85.4 cm³/mol. The van der Waals surface area contributed by atoms with Gasteiger partial charge in [-0.3, -0.25) is 4.79 Å². The minimum Gasteiger partial charge on any atom is -0.467 e. The molecule has 0 unspecified atom stereocenters. The lowest BCUT2D eigenvalue weighted by Gasteiger charge is -2.27. The molecule has 0 bridgehead atoms. The summed E-state index contributed by atoms with van der Waals surface area (Å²) >= 11 is 0. The first-order valence-electron chi connectivity index (χ1n) is 7.90. The third kappa shape index (κ3) is 2.42. The number of allylic oxidation sites excluding steroid dienone is 1. The van der Waals surface area contributed by atoms with Crippen LogP contribution in [0.3, 0.4) is 0 Å². The summed E-state index contributed by atoms with van der Waals surface area (Å²) in [5.74, 6) is 1.73. The van der Waals surface area contributed by atoms with Crippen molar-refractivity contribution in [1.82, 2.24) is 5.01 Å². The molecule has 0 saturated heterocycles. The minimum atomic E-state index is -0.141. The van der Waals surface area contributed by atoms with Gasteiger partial charge in [0.25, 0.3) is 0 Å². The Bertz CT molecular complexity index is 756. The highest BCUT2D eigenvalue weighted by Gasteiger charge is 2.44. The van der Waals surface area contributed by atoms with Crippen molar-refractivity contribution in [2.24, 2.45) is 11.0 Å². The maximum Gasteiger partial charge on any atom is 0.240 e. The van der Waals surface area contributed by atoms with Crippen molar-refractivity contribution >= 4 is 17.7 Å².